The number of hydrogen-bond donors (Lipinski definition) is 2. The number of carbonyl (C=O) groups is 1. The fourth-order valence-corrected chi connectivity index (χ4v) is 2.38. The van der Waals surface area contributed by atoms with Crippen LogP contribution < -0.4 is 5.56 Å². The maximum Gasteiger partial charge on any atom is 0.328 e. The maximum absolute atomic E-state index is 11.6. The Morgan fingerprint density at radius 3 is 2.76 bits per heavy atom. The van der Waals surface area contributed by atoms with Gasteiger partial charge in [-0.1, -0.05) is 42.1 Å². The van der Waals surface area contributed by atoms with E-state index in [-0.39, 0.29) is 5.56 Å². The number of aromatic nitrogens is 2. The Labute approximate surface area is 125 Å². The second-order valence-corrected chi connectivity index (χ2v) is 5.18. The fraction of sp³-hybridized carbons (Fsp3) is 0.133. The highest BCUT2D eigenvalue weighted by Gasteiger charge is 2.02. The van der Waals surface area contributed by atoms with Gasteiger partial charge in [0.2, 0.25) is 0 Å². The summed E-state index contributed by atoms with van der Waals surface area (Å²) in [5.41, 5.74) is 1.63. The second kappa shape index (κ2) is 7.44. The average Bonchev–Trinajstić information content (AvgIpc) is 2.45. The van der Waals surface area contributed by atoms with Gasteiger partial charge < -0.3 is 10.1 Å². The lowest BCUT2D eigenvalue weighted by Gasteiger charge is -2.03. The number of hydrogen-bond acceptors (Lipinski definition) is 4. The van der Waals surface area contributed by atoms with Crippen LogP contribution in [-0.2, 0) is 17.6 Å². The smallest absolute Gasteiger partial charge is 0.328 e. The van der Waals surface area contributed by atoms with Crippen molar-refractivity contribution in [2.45, 2.75) is 18.0 Å². The van der Waals surface area contributed by atoms with Crippen molar-refractivity contribution in [3.63, 3.8) is 0 Å². The van der Waals surface area contributed by atoms with E-state index in [0.29, 0.717) is 17.3 Å². The molecule has 21 heavy (non-hydrogen) atoms. The molecule has 1 aromatic heterocycles. The fourth-order valence-electron chi connectivity index (χ4n) is 1.74. The lowest BCUT2D eigenvalue weighted by Crippen LogP contribution is -2.10. The first-order valence-electron chi connectivity index (χ1n) is 6.34. The van der Waals surface area contributed by atoms with Gasteiger partial charge in [-0.15, -0.1) is 0 Å². The van der Waals surface area contributed by atoms with E-state index in [4.69, 9.17) is 5.11 Å². The zero-order valence-electron chi connectivity index (χ0n) is 11.2. The first kappa shape index (κ1) is 15.1. The summed E-state index contributed by atoms with van der Waals surface area (Å²) in [4.78, 5) is 28.8. The Balaban J connectivity index is 2.04. The van der Waals surface area contributed by atoms with Gasteiger partial charge in [-0.2, -0.15) is 0 Å². The van der Waals surface area contributed by atoms with Gasteiger partial charge in [-0.25, -0.2) is 9.78 Å². The van der Waals surface area contributed by atoms with Crippen molar-refractivity contribution in [3.05, 3.63) is 69.5 Å². The Morgan fingerprint density at radius 2 is 2.05 bits per heavy atom. The molecule has 0 radical (unpaired) electrons. The molecule has 0 unspecified atom stereocenters. The van der Waals surface area contributed by atoms with Crippen molar-refractivity contribution in [2.75, 3.05) is 0 Å². The number of nitrogens with zero attached hydrogens (tertiary/aromatic N) is 1. The van der Waals surface area contributed by atoms with E-state index in [9.17, 15) is 9.59 Å². The van der Waals surface area contributed by atoms with Crippen LogP contribution in [0.25, 0.3) is 0 Å². The van der Waals surface area contributed by atoms with E-state index in [0.717, 1.165) is 24.3 Å². The third kappa shape index (κ3) is 5.27. The number of thioether (sulfide) groups is 1. The molecule has 0 amide bonds. The third-order valence-electron chi connectivity index (χ3n) is 2.68. The quantitative estimate of drug-likeness (QED) is 0.486. The number of nitrogens with one attached hydrogen (secondary N) is 1. The normalized spacial score (nSPS) is 10.9. The topological polar surface area (TPSA) is 83.0 Å². The van der Waals surface area contributed by atoms with Crippen LogP contribution >= 0.6 is 11.8 Å². The van der Waals surface area contributed by atoms with Crippen LogP contribution in [0.1, 0.15) is 11.3 Å². The molecule has 0 aliphatic carbocycles. The van der Waals surface area contributed by atoms with Crippen LogP contribution in [0, 0.1) is 0 Å². The molecule has 2 rings (SSSR count). The van der Waals surface area contributed by atoms with Gasteiger partial charge in [-0.3, -0.25) is 4.79 Å². The van der Waals surface area contributed by atoms with Crippen molar-refractivity contribution in [1.82, 2.24) is 9.97 Å². The number of aryl methyl sites for hydroxylation is 2. The van der Waals surface area contributed by atoms with Gasteiger partial charge in [0, 0.05) is 17.8 Å². The summed E-state index contributed by atoms with van der Waals surface area (Å²) in [5, 5.41) is 10.3. The standard InChI is InChI=1S/C15H14N2O3S/c18-13-10-12(7-6-11-4-2-1-3-5-11)16-15(17-13)21-9-8-14(19)20/h1-5,8-10H,6-7H2,(H,19,20)(H,16,17,18)/b9-8+. The first-order valence-corrected chi connectivity index (χ1v) is 7.22. The highest BCUT2D eigenvalue weighted by atomic mass is 32.2. The van der Waals surface area contributed by atoms with Crippen LogP contribution in [0.4, 0.5) is 0 Å². The van der Waals surface area contributed by atoms with E-state index >= 15 is 0 Å². The SMILES string of the molecule is O=C(O)/C=C/Sc1nc(CCc2ccccc2)cc(=O)[nH]1. The molecular weight excluding hydrogens is 288 g/mol. The first-order chi connectivity index (χ1) is 10.1. The molecule has 108 valence electrons. The summed E-state index contributed by atoms with van der Waals surface area (Å²) in [6.45, 7) is 0. The van der Waals surface area contributed by atoms with E-state index in [1.165, 1.54) is 17.0 Å². The molecule has 0 aliphatic heterocycles. The van der Waals surface area contributed by atoms with E-state index in [1.807, 2.05) is 30.3 Å². The molecule has 5 nitrogen and oxygen atoms in total. The molecule has 6 heteroatoms. The minimum absolute atomic E-state index is 0.237. The zero-order chi connectivity index (χ0) is 15.1. The monoisotopic (exact) mass is 302 g/mol. The van der Waals surface area contributed by atoms with Crippen LogP contribution in [0.5, 0.6) is 0 Å². The summed E-state index contributed by atoms with van der Waals surface area (Å²) in [5.74, 6) is -1.04. The molecular formula is C15H14N2O3S. The summed E-state index contributed by atoms with van der Waals surface area (Å²) < 4.78 is 0. The lowest BCUT2D eigenvalue weighted by molar-refractivity contribution is -0.131. The van der Waals surface area contributed by atoms with Gasteiger partial charge in [0.15, 0.2) is 5.16 Å². The van der Waals surface area contributed by atoms with Crippen molar-refractivity contribution in [1.29, 1.82) is 0 Å². The number of carboxylic acids is 1. The van der Waals surface area contributed by atoms with E-state index in [1.54, 1.807) is 0 Å². The molecule has 0 aliphatic rings. The van der Waals surface area contributed by atoms with Gasteiger partial charge in [-0.05, 0) is 23.8 Å². The van der Waals surface area contributed by atoms with Crippen molar-refractivity contribution >= 4 is 17.7 Å². The molecule has 0 spiro atoms. The largest absolute Gasteiger partial charge is 0.478 e. The molecule has 2 N–H and O–H groups in total. The summed E-state index contributed by atoms with van der Waals surface area (Å²) in [7, 11) is 0. The number of aromatic amines is 1. The summed E-state index contributed by atoms with van der Waals surface area (Å²) in [6.07, 6.45) is 2.46. The third-order valence-corrected chi connectivity index (χ3v) is 3.36. The number of rotatable bonds is 6. The molecule has 0 atom stereocenters. The van der Waals surface area contributed by atoms with Gasteiger partial charge in [0.05, 0.1) is 0 Å². The van der Waals surface area contributed by atoms with Crippen LogP contribution in [0.15, 0.2) is 57.8 Å². The van der Waals surface area contributed by atoms with Gasteiger partial charge in [0.1, 0.15) is 0 Å². The second-order valence-electron chi connectivity index (χ2n) is 4.29. The highest BCUT2D eigenvalue weighted by molar-refractivity contribution is 8.02. The Hall–Kier alpha value is -2.34. The van der Waals surface area contributed by atoms with Crippen LogP contribution in [0.2, 0.25) is 0 Å². The number of H-pyrrole nitrogens is 1. The number of carboxylic acid groups (broad SMARTS) is 1. The van der Waals surface area contributed by atoms with Crippen molar-refractivity contribution in [3.8, 4) is 0 Å². The lowest BCUT2D eigenvalue weighted by atomic mass is 10.1. The van der Waals surface area contributed by atoms with Gasteiger partial charge in [0.25, 0.3) is 5.56 Å². The molecule has 1 aromatic carbocycles. The summed E-state index contributed by atoms with van der Waals surface area (Å²) >= 11 is 1.07. The van der Waals surface area contributed by atoms with Crippen LogP contribution in [0.3, 0.4) is 0 Å². The molecule has 1 heterocycles. The minimum Gasteiger partial charge on any atom is -0.478 e. The predicted octanol–water partition coefficient (Wildman–Crippen LogP) is 2.25. The molecule has 0 saturated heterocycles. The van der Waals surface area contributed by atoms with E-state index < -0.39 is 5.97 Å². The van der Waals surface area contributed by atoms with E-state index in [2.05, 4.69) is 9.97 Å². The number of benzene rings is 1. The summed E-state index contributed by atoms with van der Waals surface area (Å²) in [6, 6.07) is 11.4. The Bertz CT molecular complexity index is 696. The molecule has 0 fully saturated rings. The minimum atomic E-state index is -1.04. The molecule has 0 bridgehead atoms. The maximum atomic E-state index is 11.6. The highest BCUT2D eigenvalue weighted by Crippen LogP contribution is 2.13. The van der Waals surface area contributed by atoms with Gasteiger partial charge >= 0.3 is 5.97 Å². The van der Waals surface area contributed by atoms with Crippen molar-refractivity contribution in [2.24, 2.45) is 0 Å². The Kier molecular flexibility index (Phi) is 5.34. The molecule has 2 aromatic rings. The molecule has 0 saturated carbocycles. The Morgan fingerprint density at radius 1 is 1.29 bits per heavy atom. The predicted molar refractivity (Wildman–Crippen MR) is 81.3 cm³/mol. The van der Waals surface area contributed by atoms with Crippen molar-refractivity contribution < 1.29 is 9.90 Å². The number of aliphatic carboxylic acids is 1. The van der Waals surface area contributed by atoms with Crippen LogP contribution in [-0.4, -0.2) is 21.0 Å². The average molecular weight is 302 g/mol. The zero-order valence-corrected chi connectivity index (χ0v) is 12.0.